The van der Waals surface area contributed by atoms with Crippen LogP contribution in [0.5, 0.6) is 0 Å². The van der Waals surface area contributed by atoms with E-state index in [2.05, 4.69) is 118 Å². The van der Waals surface area contributed by atoms with Crippen molar-refractivity contribution in [1.29, 1.82) is 0 Å². The Morgan fingerprint density at radius 2 is 0.667 bits per heavy atom. The van der Waals surface area contributed by atoms with E-state index in [1.54, 1.807) is 0 Å². The average Bonchev–Trinajstić information content (AvgIpc) is 3.28. The van der Waals surface area contributed by atoms with Crippen molar-refractivity contribution in [3.63, 3.8) is 0 Å². The largest absolute Gasteiger partial charge is 0.462 e. The van der Waals surface area contributed by atoms with Crippen molar-refractivity contribution in [2.45, 2.75) is 207 Å². The smallest absolute Gasteiger partial charge is 0.306 e. The van der Waals surface area contributed by atoms with Crippen molar-refractivity contribution in [2.24, 2.45) is 0 Å². The number of rotatable bonds is 43. The molecule has 1 atom stereocenters. The first-order valence-corrected chi connectivity index (χ1v) is 25.1. The normalized spacial score (nSPS) is 13.1. The molecule has 1 unspecified atom stereocenters. The summed E-state index contributed by atoms with van der Waals surface area (Å²) < 4.78 is 16.7. The Morgan fingerprint density at radius 1 is 0.333 bits per heavy atom. The molecule has 0 aliphatic rings. The zero-order chi connectivity index (χ0) is 45.8. The molecule has 0 aliphatic heterocycles. The van der Waals surface area contributed by atoms with Crippen molar-refractivity contribution in [3.8, 4) is 0 Å². The SMILES string of the molecule is CC\C=C/C=C\C=C/C=C\CCCCCCCC(=O)OC(COC(=O)CCC/C=C\C/C=C\C/C=C\CC)COC(=O)CCCCCCCCCCC/C=C\C/C=C\C/C=C\CC. The zero-order valence-corrected chi connectivity index (χ0v) is 40.3. The second-order valence-electron chi connectivity index (χ2n) is 16.0. The van der Waals surface area contributed by atoms with Gasteiger partial charge in [-0.3, -0.25) is 14.4 Å². The molecule has 0 saturated heterocycles. The number of esters is 3. The van der Waals surface area contributed by atoms with Gasteiger partial charge in [-0.15, -0.1) is 0 Å². The minimum atomic E-state index is -0.815. The number of carbonyl (C=O) groups is 3. The van der Waals surface area contributed by atoms with Gasteiger partial charge in [0, 0.05) is 19.3 Å². The fraction of sp³-hybridized carbons (Fsp3) is 0.596. The quantitative estimate of drug-likeness (QED) is 0.0200. The van der Waals surface area contributed by atoms with Gasteiger partial charge in [0.15, 0.2) is 6.10 Å². The first kappa shape index (κ1) is 58.8. The van der Waals surface area contributed by atoms with Crippen LogP contribution < -0.4 is 0 Å². The van der Waals surface area contributed by atoms with Crippen LogP contribution in [0.4, 0.5) is 0 Å². The van der Waals surface area contributed by atoms with Gasteiger partial charge in [0.25, 0.3) is 0 Å². The third-order valence-electron chi connectivity index (χ3n) is 10.0. The maximum absolute atomic E-state index is 12.8. The summed E-state index contributed by atoms with van der Waals surface area (Å²) in [4.78, 5) is 37.9. The molecule has 0 rings (SSSR count). The number of carbonyl (C=O) groups excluding carboxylic acids is 3. The predicted molar refractivity (Wildman–Crippen MR) is 269 cm³/mol. The monoisotopic (exact) mass is 871 g/mol. The molecule has 0 saturated carbocycles. The lowest BCUT2D eigenvalue weighted by Gasteiger charge is -2.18. The van der Waals surface area contributed by atoms with Crippen molar-refractivity contribution in [2.75, 3.05) is 13.2 Å². The minimum absolute atomic E-state index is 0.110. The Bertz CT molecular complexity index is 1370. The van der Waals surface area contributed by atoms with Crippen LogP contribution in [0.15, 0.2) is 122 Å². The van der Waals surface area contributed by atoms with Crippen molar-refractivity contribution < 1.29 is 28.6 Å². The maximum Gasteiger partial charge on any atom is 0.306 e. The minimum Gasteiger partial charge on any atom is -0.462 e. The molecular weight excluding hydrogens is 781 g/mol. The van der Waals surface area contributed by atoms with Gasteiger partial charge in [-0.05, 0) is 96.3 Å². The van der Waals surface area contributed by atoms with E-state index in [0.717, 1.165) is 116 Å². The molecule has 0 aliphatic carbocycles. The highest BCUT2D eigenvalue weighted by Crippen LogP contribution is 2.13. The molecular formula is C57H90O6. The lowest BCUT2D eigenvalue weighted by Crippen LogP contribution is -2.30. The highest BCUT2D eigenvalue weighted by molar-refractivity contribution is 5.71. The van der Waals surface area contributed by atoms with Crippen LogP contribution in [0.3, 0.4) is 0 Å². The van der Waals surface area contributed by atoms with Gasteiger partial charge in [0.05, 0.1) is 0 Å². The average molecular weight is 871 g/mol. The third kappa shape index (κ3) is 48.7. The van der Waals surface area contributed by atoms with Gasteiger partial charge in [0.1, 0.15) is 13.2 Å². The van der Waals surface area contributed by atoms with E-state index >= 15 is 0 Å². The Hall–Kier alpha value is -4.19. The summed E-state index contributed by atoms with van der Waals surface area (Å²) in [7, 11) is 0. The maximum atomic E-state index is 12.8. The summed E-state index contributed by atoms with van der Waals surface area (Å²) in [5.74, 6) is -1.00. The number of ether oxygens (including phenoxy) is 3. The fourth-order valence-electron chi connectivity index (χ4n) is 6.37. The first-order valence-electron chi connectivity index (χ1n) is 25.1. The summed E-state index contributed by atoms with van der Waals surface area (Å²) in [6.45, 7) is 6.18. The predicted octanol–water partition coefficient (Wildman–Crippen LogP) is 16.5. The lowest BCUT2D eigenvalue weighted by molar-refractivity contribution is -0.167. The number of hydrogen-bond acceptors (Lipinski definition) is 6. The third-order valence-corrected chi connectivity index (χ3v) is 10.0. The fourth-order valence-corrected chi connectivity index (χ4v) is 6.37. The molecule has 0 aromatic rings. The van der Waals surface area contributed by atoms with Gasteiger partial charge in [-0.25, -0.2) is 0 Å². The van der Waals surface area contributed by atoms with Gasteiger partial charge in [-0.1, -0.05) is 206 Å². The van der Waals surface area contributed by atoms with Crippen molar-refractivity contribution in [3.05, 3.63) is 122 Å². The lowest BCUT2D eigenvalue weighted by atomic mass is 10.1. The Kier molecular flexibility index (Phi) is 47.1. The first-order chi connectivity index (χ1) is 31.0. The Balaban J connectivity index is 4.45. The Labute approximate surface area is 386 Å². The summed E-state index contributed by atoms with van der Waals surface area (Å²) in [6, 6.07) is 0. The van der Waals surface area contributed by atoms with Gasteiger partial charge >= 0.3 is 17.9 Å². The van der Waals surface area contributed by atoms with Gasteiger partial charge in [0.2, 0.25) is 0 Å². The zero-order valence-electron chi connectivity index (χ0n) is 40.3. The second-order valence-corrected chi connectivity index (χ2v) is 16.0. The molecule has 6 nitrogen and oxygen atoms in total. The van der Waals surface area contributed by atoms with Crippen LogP contribution in [0, 0.1) is 0 Å². The van der Waals surface area contributed by atoms with Gasteiger partial charge in [-0.2, -0.15) is 0 Å². The summed E-state index contributed by atoms with van der Waals surface area (Å²) in [5, 5.41) is 0. The van der Waals surface area contributed by atoms with Crippen molar-refractivity contribution in [1.82, 2.24) is 0 Å². The van der Waals surface area contributed by atoms with E-state index in [-0.39, 0.29) is 44.0 Å². The summed E-state index contributed by atoms with van der Waals surface area (Å²) >= 11 is 0. The molecule has 0 aromatic heterocycles. The summed E-state index contributed by atoms with van der Waals surface area (Å²) in [5.41, 5.74) is 0. The Morgan fingerprint density at radius 3 is 1.14 bits per heavy atom. The highest BCUT2D eigenvalue weighted by Gasteiger charge is 2.19. The van der Waals surface area contributed by atoms with E-state index < -0.39 is 6.10 Å². The number of hydrogen-bond donors (Lipinski definition) is 0. The molecule has 0 heterocycles. The molecule has 6 heteroatoms. The standard InChI is InChI=1S/C57H90O6/c1-4-7-10-13-16-19-22-24-26-27-28-29-31-32-35-38-41-44-47-50-56(59)62-53-54(52-61-55(58)49-46-43-40-37-34-21-18-15-12-9-6-3)63-57(60)51-48-45-42-39-36-33-30-25-23-20-17-14-11-8-5-2/h7-12,14,16-21,23-26,30,37,40,54H,4-6,13,15,22,27-29,31-36,38-39,41-53H2,1-3H3/b10-7-,11-8-,12-9-,17-14-,19-16-,21-18-,23-20-,26-24-,30-25-,40-37-. The van der Waals surface area contributed by atoms with Crippen LogP contribution in [0.1, 0.15) is 201 Å². The molecule has 63 heavy (non-hydrogen) atoms. The van der Waals surface area contributed by atoms with Crippen LogP contribution >= 0.6 is 0 Å². The molecule has 0 amide bonds. The van der Waals surface area contributed by atoms with E-state index in [4.69, 9.17) is 14.2 Å². The second kappa shape index (κ2) is 50.5. The number of allylic oxidation sites excluding steroid dienone is 20. The van der Waals surface area contributed by atoms with Gasteiger partial charge < -0.3 is 14.2 Å². The molecule has 0 aromatic carbocycles. The molecule has 354 valence electrons. The van der Waals surface area contributed by atoms with E-state index in [1.165, 1.54) is 38.5 Å². The summed E-state index contributed by atoms with van der Waals surface area (Å²) in [6.07, 6.45) is 69.1. The number of unbranched alkanes of at least 4 members (excludes halogenated alkanes) is 15. The molecule has 0 fully saturated rings. The highest BCUT2D eigenvalue weighted by atomic mass is 16.6. The van der Waals surface area contributed by atoms with Crippen LogP contribution in [-0.2, 0) is 28.6 Å². The topological polar surface area (TPSA) is 78.9 Å². The van der Waals surface area contributed by atoms with E-state index in [0.29, 0.717) is 12.8 Å². The van der Waals surface area contributed by atoms with E-state index in [9.17, 15) is 14.4 Å². The van der Waals surface area contributed by atoms with Crippen molar-refractivity contribution >= 4 is 17.9 Å². The molecule has 0 spiro atoms. The van der Waals surface area contributed by atoms with Crippen LogP contribution in [0.2, 0.25) is 0 Å². The van der Waals surface area contributed by atoms with Crippen LogP contribution in [-0.4, -0.2) is 37.2 Å². The molecule has 0 radical (unpaired) electrons. The molecule has 0 N–H and O–H groups in total. The molecule has 0 bridgehead atoms. The van der Waals surface area contributed by atoms with E-state index in [1.807, 2.05) is 24.3 Å². The van der Waals surface area contributed by atoms with Crippen LogP contribution in [0.25, 0.3) is 0 Å².